The fraction of sp³-hybridized carbons (Fsp3) is 0.360. The smallest absolute Gasteiger partial charge is 0.186 e. The van der Waals surface area contributed by atoms with E-state index in [1.165, 1.54) is 11.1 Å². The van der Waals surface area contributed by atoms with Gasteiger partial charge in [0.25, 0.3) is 0 Å². The lowest BCUT2D eigenvalue weighted by Gasteiger charge is -2.31. The summed E-state index contributed by atoms with van der Waals surface area (Å²) in [5, 5.41) is 3.26. The van der Waals surface area contributed by atoms with Crippen molar-refractivity contribution in [2.45, 2.75) is 19.6 Å². The third kappa shape index (κ3) is 5.35. The lowest BCUT2D eigenvalue weighted by molar-refractivity contribution is 0.147. The molecule has 0 amide bonds. The van der Waals surface area contributed by atoms with Crippen molar-refractivity contribution in [3.05, 3.63) is 71.0 Å². The standard InChI is InChI=1S/C25H30N6OS/c1-29-8-10-30(11-9-29)16-21-17-33-25(28-21)31(14-19-4-3-5-22(12-19)32-2)15-20-6-7-23-24(13-20)27-18-26-23/h3-7,12-13,17-18H,8-11,14-16H2,1-2H3,(H,26,27). The molecule has 2 aromatic heterocycles. The van der Waals surface area contributed by atoms with E-state index in [1.54, 1.807) is 24.8 Å². The van der Waals surface area contributed by atoms with Gasteiger partial charge in [-0.15, -0.1) is 11.3 Å². The molecular weight excluding hydrogens is 432 g/mol. The van der Waals surface area contributed by atoms with E-state index < -0.39 is 0 Å². The van der Waals surface area contributed by atoms with Crippen LogP contribution in [0.1, 0.15) is 16.8 Å². The zero-order chi connectivity index (χ0) is 22.6. The quantitative estimate of drug-likeness (QED) is 0.427. The number of thiazole rings is 1. The number of methoxy groups -OCH3 is 1. The highest BCUT2D eigenvalue weighted by atomic mass is 32.1. The van der Waals surface area contributed by atoms with Crippen molar-refractivity contribution in [1.82, 2.24) is 24.8 Å². The molecule has 2 aromatic carbocycles. The van der Waals surface area contributed by atoms with Crippen LogP contribution in [-0.2, 0) is 19.6 Å². The Morgan fingerprint density at radius 1 is 1.06 bits per heavy atom. The van der Waals surface area contributed by atoms with Crippen molar-refractivity contribution in [3.63, 3.8) is 0 Å². The largest absolute Gasteiger partial charge is 0.497 e. The number of benzene rings is 2. The normalized spacial score (nSPS) is 15.2. The second kappa shape index (κ2) is 9.91. The third-order valence-corrected chi connectivity index (χ3v) is 7.11. The summed E-state index contributed by atoms with van der Waals surface area (Å²) in [4.78, 5) is 19.9. The topological polar surface area (TPSA) is 60.5 Å². The first-order chi connectivity index (χ1) is 16.2. The Kier molecular flexibility index (Phi) is 6.57. The van der Waals surface area contributed by atoms with Gasteiger partial charge < -0.3 is 19.5 Å². The van der Waals surface area contributed by atoms with Crippen LogP contribution in [0, 0.1) is 0 Å². The number of nitrogens with zero attached hydrogens (tertiary/aromatic N) is 5. The highest BCUT2D eigenvalue weighted by Crippen LogP contribution is 2.27. The van der Waals surface area contributed by atoms with E-state index in [1.807, 2.05) is 12.1 Å². The number of nitrogens with one attached hydrogen (secondary N) is 1. The Balaban J connectivity index is 1.37. The molecule has 0 atom stereocenters. The van der Waals surface area contributed by atoms with Crippen LogP contribution in [0.3, 0.4) is 0 Å². The number of H-pyrrole nitrogens is 1. The number of piperazine rings is 1. The molecule has 0 spiro atoms. The highest BCUT2D eigenvalue weighted by Gasteiger charge is 2.18. The van der Waals surface area contributed by atoms with Crippen molar-refractivity contribution >= 4 is 27.5 Å². The number of ether oxygens (including phenoxy) is 1. The van der Waals surface area contributed by atoms with Crippen molar-refractivity contribution in [2.24, 2.45) is 0 Å². The van der Waals surface area contributed by atoms with Gasteiger partial charge in [-0.05, 0) is 42.4 Å². The summed E-state index contributed by atoms with van der Waals surface area (Å²) < 4.78 is 5.44. The van der Waals surface area contributed by atoms with Gasteiger partial charge in [0, 0.05) is 51.2 Å². The van der Waals surface area contributed by atoms with E-state index >= 15 is 0 Å². The Labute approximate surface area is 198 Å². The molecule has 1 fully saturated rings. The number of fused-ring (bicyclic) bond motifs is 1. The predicted molar refractivity (Wildman–Crippen MR) is 134 cm³/mol. The summed E-state index contributed by atoms with van der Waals surface area (Å²) >= 11 is 1.73. The molecule has 1 aliphatic rings. The molecular formula is C25H30N6OS. The van der Waals surface area contributed by atoms with Crippen LogP contribution in [0.15, 0.2) is 54.2 Å². The van der Waals surface area contributed by atoms with Gasteiger partial charge in [0.2, 0.25) is 0 Å². The molecule has 0 aliphatic carbocycles. The second-order valence-corrected chi connectivity index (χ2v) is 9.50. The number of hydrogen-bond donors (Lipinski definition) is 1. The van der Waals surface area contributed by atoms with Gasteiger partial charge in [0.05, 0.1) is 30.2 Å². The summed E-state index contributed by atoms with van der Waals surface area (Å²) in [6, 6.07) is 14.7. The monoisotopic (exact) mass is 462 g/mol. The van der Waals surface area contributed by atoms with E-state index in [9.17, 15) is 0 Å². The average molecular weight is 463 g/mol. The SMILES string of the molecule is COc1cccc(CN(Cc2ccc3nc[nH]c3c2)c2nc(CN3CCN(C)CC3)cs2)c1. The molecule has 5 rings (SSSR count). The number of hydrogen-bond acceptors (Lipinski definition) is 7. The highest BCUT2D eigenvalue weighted by molar-refractivity contribution is 7.13. The van der Waals surface area contributed by atoms with E-state index in [0.29, 0.717) is 0 Å². The van der Waals surface area contributed by atoms with Gasteiger partial charge in [-0.2, -0.15) is 0 Å². The van der Waals surface area contributed by atoms with Gasteiger partial charge in [-0.25, -0.2) is 9.97 Å². The maximum atomic E-state index is 5.44. The summed E-state index contributed by atoms with van der Waals surface area (Å²) in [5.41, 5.74) is 5.63. The van der Waals surface area contributed by atoms with E-state index in [2.05, 4.69) is 67.4 Å². The van der Waals surface area contributed by atoms with Crippen LogP contribution in [0.2, 0.25) is 0 Å². The first-order valence-electron chi connectivity index (χ1n) is 11.3. The molecule has 8 heteroatoms. The fourth-order valence-electron chi connectivity index (χ4n) is 4.23. The minimum absolute atomic E-state index is 0.764. The predicted octanol–water partition coefficient (Wildman–Crippen LogP) is 3.98. The Morgan fingerprint density at radius 2 is 1.88 bits per heavy atom. The number of aromatic amines is 1. The average Bonchev–Trinajstić information content (AvgIpc) is 3.49. The number of rotatable bonds is 8. The zero-order valence-electron chi connectivity index (χ0n) is 19.2. The molecule has 33 heavy (non-hydrogen) atoms. The molecule has 0 saturated carbocycles. The first-order valence-corrected chi connectivity index (χ1v) is 12.2. The molecule has 7 nitrogen and oxygen atoms in total. The summed E-state index contributed by atoms with van der Waals surface area (Å²) in [6.07, 6.45) is 1.74. The number of imidazole rings is 1. The van der Waals surface area contributed by atoms with Crippen molar-refractivity contribution < 1.29 is 4.74 Å². The Bertz CT molecular complexity index is 1200. The van der Waals surface area contributed by atoms with Gasteiger partial charge in [-0.1, -0.05) is 18.2 Å². The van der Waals surface area contributed by atoms with E-state index in [-0.39, 0.29) is 0 Å². The Hall–Kier alpha value is -2.94. The fourth-order valence-corrected chi connectivity index (χ4v) is 5.05. The minimum Gasteiger partial charge on any atom is -0.497 e. The van der Waals surface area contributed by atoms with Gasteiger partial charge in [0.15, 0.2) is 5.13 Å². The molecule has 1 N–H and O–H groups in total. The van der Waals surface area contributed by atoms with Crippen LogP contribution >= 0.6 is 11.3 Å². The van der Waals surface area contributed by atoms with Crippen LogP contribution in [0.25, 0.3) is 11.0 Å². The summed E-state index contributed by atoms with van der Waals surface area (Å²) in [5.74, 6) is 0.876. The van der Waals surface area contributed by atoms with Crippen LogP contribution in [-0.4, -0.2) is 65.1 Å². The van der Waals surface area contributed by atoms with Gasteiger partial charge in [0.1, 0.15) is 5.75 Å². The van der Waals surface area contributed by atoms with Crippen LogP contribution in [0.5, 0.6) is 5.75 Å². The van der Waals surface area contributed by atoms with Crippen LogP contribution < -0.4 is 9.64 Å². The molecule has 1 aliphatic heterocycles. The van der Waals surface area contributed by atoms with Crippen molar-refractivity contribution in [1.29, 1.82) is 0 Å². The number of likely N-dealkylation sites (N-methyl/N-ethyl adjacent to an activating group) is 1. The zero-order valence-corrected chi connectivity index (χ0v) is 20.0. The lowest BCUT2D eigenvalue weighted by atomic mass is 10.1. The number of anilines is 1. The van der Waals surface area contributed by atoms with E-state index in [0.717, 1.165) is 73.4 Å². The molecule has 172 valence electrons. The van der Waals surface area contributed by atoms with Crippen molar-refractivity contribution in [3.8, 4) is 5.75 Å². The van der Waals surface area contributed by atoms with Gasteiger partial charge in [-0.3, -0.25) is 4.90 Å². The van der Waals surface area contributed by atoms with E-state index in [4.69, 9.17) is 9.72 Å². The molecule has 4 aromatic rings. The molecule has 0 bridgehead atoms. The van der Waals surface area contributed by atoms with Gasteiger partial charge >= 0.3 is 0 Å². The van der Waals surface area contributed by atoms with Crippen molar-refractivity contribution in [2.75, 3.05) is 45.2 Å². The Morgan fingerprint density at radius 3 is 2.70 bits per heavy atom. The molecule has 3 heterocycles. The third-order valence-electron chi connectivity index (χ3n) is 6.16. The first kappa shape index (κ1) is 21.9. The maximum Gasteiger partial charge on any atom is 0.186 e. The summed E-state index contributed by atoms with van der Waals surface area (Å²) in [6.45, 7) is 6.89. The van der Waals surface area contributed by atoms with Crippen LogP contribution in [0.4, 0.5) is 5.13 Å². The maximum absolute atomic E-state index is 5.44. The molecule has 0 unspecified atom stereocenters. The molecule has 0 radical (unpaired) electrons. The lowest BCUT2D eigenvalue weighted by Crippen LogP contribution is -2.43. The second-order valence-electron chi connectivity index (χ2n) is 8.66. The minimum atomic E-state index is 0.764. The summed E-state index contributed by atoms with van der Waals surface area (Å²) in [7, 11) is 3.90. The number of aromatic nitrogens is 3. The molecule has 1 saturated heterocycles.